The van der Waals surface area contributed by atoms with Gasteiger partial charge in [-0.05, 0) is 32.0 Å². The molecule has 2 aliphatic rings. The number of nitrogens with zero attached hydrogens (tertiary/aromatic N) is 4. The van der Waals surface area contributed by atoms with E-state index in [9.17, 15) is 18.0 Å². The predicted octanol–water partition coefficient (Wildman–Crippen LogP) is 3.08. The van der Waals surface area contributed by atoms with Crippen LogP contribution < -0.4 is 10.2 Å². The molecule has 0 bridgehead atoms. The van der Waals surface area contributed by atoms with Gasteiger partial charge in [-0.3, -0.25) is 4.57 Å². The Balaban J connectivity index is 1.40. The molecule has 1 amide bonds. The zero-order valence-electron chi connectivity index (χ0n) is 16.8. The van der Waals surface area contributed by atoms with Crippen LogP contribution in [0.25, 0.3) is 11.0 Å². The molecule has 0 radical (unpaired) electrons. The minimum absolute atomic E-state index is 0.00933. The number of imidazole rings is 1. The summed E-state index contributed by atoms with van der Waals surface area (Å²) in [5, 5.41) is 2.64. The van der Waals surface area contributed by atoms with Crippen LogP contribution in [0.2, 0.25) is 0 Å². The second kappa shape index (κ2) is 7.84. The second-order valence-electron chi connectivity index (χ2n) is 8.02. The smallest absolute Gasteiger partial charge is 0.367 e. The summed E-state index contributed by atoms with van der Waals surface area (Å²) in [6.45, 7) is 3.70. The van der Waals surface area contributed by atoms with Crippen LogP contribution >= 0.6 is 0 Å². The van der Waals surface area contributed by atoms with Gasteiger partial charge in [0.05, 0.1) is 23.2 Å². The van der Waals surface area contributed by atoms with Crippen molar-refractivity contribution in [3.05, 3.63) is 24.5 Å². The molecule has 160 valence electrons. The number of piperazine rings is 1. The van der Waals surface area contributed by atoms with E-state index >= 15 is 0 Å². The highest BCUT2D eigenvalue weighted by molar-refractivity contribution is 5.95. The molecule has 0 unspecified atom stereocenters. The minimum atomic E-state index is -4.21. The summed E-state index contributed by atoms with van der Waals surface area (Å²) in [5.74, 6) is 5.20. The van der Waals surface area contributed by atoms with E-state index in [0.29, 0.717) is 5.52 Å². The number of nitrogens with one attached hydrogen (secondary N) is 1. The van der Waals surface area contributed by atoms with Crippen molar-refractivity contribution < 1.29 is 18.0 Å². The number of alkyl halides is 3. The molecule has 30 heavy (non-hydrogen) atoms. The number of hydrogen-bond donors (Lipinski definition) is 1. The van der Waals surface area contributed by atoms with Gasteiger partial charge in [-0.15, -0.1) is 5.92 Å². The number of rotatable bonds is 3. The van der Waals surface area contributed by atoms with E-state index < -0.39 is 17.6 Å². The fourth-order valence-corrected chi connectivity index (χ4v) is 3.70. The topological polar surface area (TPSA) is 53.4 Å². The molecule has 1 aliphatic heterocycles. The third-order valence-corrected chi connectivity index (χ3v) is 5.95. The van der Waals surface area contributed by atoms with Gasteiger partial charge in [0.2, 0.25) is 0 Å². The molecule has 0 spiro atoms. The molecular weight excluding hydrogens is 395 g/mol. The number of halogens is 3. The van der Waals surface area contributed by atoms with Crippen LogP contribution in [0.3, 0.4) is 0 Å². The molecule has 1 saturated carbocycles. The van der Waals surface area contributed by atoms with Gasteiger partial charge in [-0.25, -0.2) is 9.78 Å². The first kappa shape index (κ1) is 20.5. The average molecular weight is 419 g/mol. The third-order valence-electron chi connectivity index (χ3n) is 5.95. The molecule has 2 heterocycles. The maximum atomic E-state index is 12.9. The van der Waals surface area contributed by atoms with Gasteiger partial charge < -0.3 is 15.1 Å². The Kier molecular flexibility index (Phi) is 5.36. The molecule has 2 fully saturated rings. The van der Waals surface area contributed by atoms with Crippen molar-refractivity contribution in [3.8, 4) is 11.8 Å². The van der Waals surface area contributed by atoms with E-state index in [4.69, 9.17) is 0 Å². The van der Waals surface area contributed by atoms with Crippen LogP contribution in [0.15, 0.2) is 24.5 Å². The molecule has 0 atom stereocenters. The minimum Gasteiger partial charge on any atom is -0.367 e. The first-order chi connectivity index (χ1) is 14.3. The predicted molar refractivity (Wildman–Crippen MR) is 108 cm³/mol. The van der Waals surface area contributed by atoms with Crippen LogP contribution in [-0.4, -0.2) is 66.4 Å². The monoisotopic (exact) mass is 419 g/mol. The zero-order valence-corrected chi connectivity index (χ0v) is 16.8. The quantitative estimate of drug-likeness (QED) is 0.777. The van der Waals surface area contributed by atoms with Crippen LogP contribution in [-0.2, 0) is 0 Å². The number of aromatic nitrogens is 2. The SMILES string of the molecule is CN1CCN(c2cccc3c2ncn3C(=O)NCC#CCC2(C(F)(F)F)CC2)CC1. The van der Waals surface area contributed by atoms with Gasteiger partial charge in [-0.2, -0.15) is 13.2 Å². The number of likely N-dealkylation sites (N-methyl/N-ethyl adjacent to an activating group) is 1. The van der Waals surface area contributed by atoms with Crippen LogP contribution in [0.4, 0.5) is 23.7 Å². The van der Waals surface area contributed by atoms with Crippen LogP contribution in [0, 0.1) is 17.3 Å². The summed E-state index contributed by atoms with van der Waals surface area (Å²) in [4.78, 5) is 21.5. The van der Waals surface area contributed by atoms with E-state index in [1.54, 1.807) is 0 Å². The van der Waals surface area contributed by atoms with Gasteiger partial charge >= 0.3 is 12.2 Å². The normalized spacial score (nSPS) is 18.7. The summed E-state index contributed by atoms with van der Waals surface area (Å²) in [6.07, 6.45) is -2.69. The largest absolute Gasteiger partial charge is 0.395 e. The standard InChI is InChI=1S/C21H24F3N5O/c1-27-11-13-28(14-12-27)16-5-4-6-17-18(16)26-15-29(17)19(30)25-10-3-2-7-20(8-9-20)21(22,23)24/h4-6,15H,7-14H2,1H3,(H,25,30). The molecule has 1 saturated heterocycles. The Labute approximate surface area is 173 Å². The lowest BCUT2D eigenvalue weighted by atomic mass is 10.0. The molecule has 2 aromatic rings. The van der Waals surface area contributed by atoms with Gasteiger partial charge in [0.25, 0.3) is 0 Å². The number of hydrogen-bond acceptors (Lipinski definition) is 4. The Morgan fingerprint density at radius 1 is 1.20 bits per heavy atom. The highest BCUT2D eigenvalue weighted by atomic mass is 19.4. The lowest BCUT2D eigenvalue weighted by molar-refractivity contribution is -0.185. The van der Waals surface area contributed by atoms with E-state index in [1.807, 2.05) is 18.2 Å². The highest BCUT2D eigenvalue weighted by Crippen LogP contribution is 2.59. The molecular formula is C21H24F3N5O. The van der Waals surface area contributed by atoms with Crippen molar-refractivity contribution in [1.29, 1.82) is 0 Å². The Hall–Kier alpha value is -2.73. The lowest BCUT2D eigenvalue weighted by Crippen LogP contribution is -2.44. The van der Waals surface area contributed by atoms with Crippen molar-refractivity contribution in [3.63, 3.8) is 0 Å². The average Bonchev–Trinajstić information content (AvgIpc) is 3.39. The summed E-state index contributed by atoms with van der Waals surface area (Å²) in [5.41, 5.74) is 0.799. The highest BCUT2D eigenvalue weighted by Gasteiger charge is 2.62. The number of carbonyl (C=O) groups excluding carboxylic acids is 1. The molecule has 1 N–H and O–H groups in total. The number of anilines is 1. The first-order valence-electron chi connectivity index (χ1n) is 10.0. The molecule has 1 aromatic heterocycles. The summed E-state index contributed by atoms with van der Waals surface area (Å²) >= 11 is 0. The molecule has 1 aromatic carbocycles. The van der Waals surface area contributed by atoms with Gasteiger partial charge in [0.15, 0.2) is 0 Å². The van der Waals surface area contributed by atoms with Crippen LogP contribution in [0.5, 0.6) is 0 Å². The van der Waals surface area contributed by atoms with Crippen molar-refractivity contribution >= 4 is 22.8 Å². The molecule has 4 rings (SSSR count). The maximum Gasteiger partial charge on any atom is 0.395 e. The van der Waals surface area contributed by atoms with Crippen LogP contribution in [0.1, 0.15) is 19.3 Å². The fraction of sp³-hybridized carbons (Fsp3) is 0.524. The fourth-order valence-electron chi connectivity index (χ4n) is 3.70. The van der Waals surface area contributed by atoms with Crippen molar-refractivity contribution in [1.82, 2.24) is 19.8 Å². The number of fused-ring (bicyclic) bond motifs is 1. The van der Waals surface area contributed by atoms with E-state index in [0.717, 1.165) is 37.4 Å². The van der Waals surface area contributed by atoms with Gasteiger partial charge in [0, 0.05) is 32.6 Å². The summed E-state index contributed by atoms with van der Waals surface area (Å²) in [6, 6.07) is 5.32. The zero-order chi connectivity index (χ0) is 21.4. The lowest BCUT2D eigenvalue weighted by Gasteiger charge is -2.34. The second-order valence-corrected chi connectivity index (χ2v) is 8.02. The Morgan fingerprint density at radius 3 is 2.60 bits per heavy atom. The molecule has 1 aliphatic carbocycles. The Bertz CT molecular complexity index is 991. The van der Waals surface area contributed by atoms with Crippen molar-refractivity contribution in [2.24, 2.45) is 5.41 Å². The van der Waals surface area contributed by atoms with Crippen molar-refractivity contribution in [2.45, 2.75) is 25.4 Å². The summed E-state index contributed by atoms with van der Waals surface area (Å²) < 4.78 is 40.1. The number of benzene rings is 1. The molecule has 9 heteroatoms. The number of amides is 1. The number of carbonyl (C=O) groups is 1. The van der Waals surface area contributed by atoms with Gasteiger partial charge in [0.1, 0.15) is 11.8 Å². The first-order valence-corrected chi connectivity index (χ1v) is 10.0. The number of para-hydroxylation sites is 1. The van der Waals surface area contributed by atoms with E-state index in [-0.39, 0.29) is 25.8 Å². The van der Waals surface area contributed by atoms with E-state index in [2.05, 4.69) is 39.0 Å². The summed E-state index contributed by atoms with van der Waals surface area (Å²) in [7, 11) is 2.09. The molecule has 6 nitrogen and oxygen atoms in total. The maximum absolute atomic E-state index is 12.9. The van der Waals surface area contributed by atoms with E-state index in [1.165, 1.54) is 10.9 Å². The third kappa shape index (κ3) is 3.97. The van der Waals surface area contributed by atoms with Crippen molar-refractivity contribution in [2.75, 3.05) is 44.7 Å². The Morgan fingerprint density at radius 2 is 1.93 bits per heavy atom. The van der Waals surface area contributed by atoms with Gasteiger partial charge in [-0.1, -0.05) is 12.0 Å².